The zero-order chi connectivity index (χ0) is 30.5. The summed E-state index contributed by atoms with van der Waals surface area (Å²) in [5.41, 5.74) is 1.14. The zero-order valence-electron chi connectivity index (χ0n) is 24.2. The van der Waals surface area contributed by atoms with Crippen molar-refractivity contribution in [1.29, 1.82) is 0 Å². The molecule has 1 heterocycles. The summed E-state index contributed by atoms with van der Waals surface area (Å²) in [6.07, 6.45) is -3.28. The van der Waals surface area contributed by atoms with Gasteiger partial charge < -0.3 is 29.5 Å². The quantitative estimate of drug-likeness (QED) is 0.380. The maximum absolute atomic E-state index is 13.8. The average Bonchev–Trinajstić information content (AvgIpc) is 2.95. The number of aliphatic carboxylic acids is 1. The van der Waals surface area contributed by atoms with Gasteiger partial charge in [0.1, 0.15) is 17.8 Å². The Hall–Kier alpha value is -3.63. The van der Waals surface area contributed by atoms with Gasteiger partial charge >= 0.3 is 18.0 Å². The number of halogens is 1. The third-order valence-corrected chi connectivity index (χ3v) is 6.34. The molecule has 0 bridgehead atoms. The van der Waals surface area contributed by atoms with E-state index in [-0.39, 0.29) is 19.7 Å². The molecule has 0 aliphatic carbocycles. The van der Waals surface area contributed by atoms with E-state index in [1.54, 1.807) is 51.1 Å². The molecule has 0 radical (unpaired) electrons. The molecule has 0 saturated heterocycles. The van der Waals surface area contributed by atoms with E-state index in [0.717, 1.165) is 5.56 Å². The highest BCUT2D eigenvalue weighted by Gasteiger charge is 2.40. The first kappa shape index (κ1) is 31.9. The lowest BCUT2D eigenvalue weighted by Crippen LogP contribution is -2.46. The lowest BCUT2D eigenvalue weighted by Gasteiger charge is -2.33. The molecule has 2 atom stereocenters. The molecule has 0 fully saturated rings. The first-order valence-electron chi connectivity index (χ1n) is 13.2. The number of carboxylic acid groups (broad SMARTS) is 1. The van der Waals surface area contributed by atoms with Gasteiger partial charge in [-0.05, 0) is 50.1 Å². The van der Waals surface area contributed by atoms with Gasteiger partial charge in [-0.25, -0.2) is 4.79 Å². The van der Waals surface area contributed by atoms with Crippen LogP contribution < -0.4 is 10.2 Å². The van der Waals surface area contributed by atoms with Crippen LogP contribution in [0.5, 0.6) is 0 Å². The van der Waals surface area contributed by atoms with Crippen LogP contribution in [0, 0.1) is 5.41 Å². The SMILES string of the molecule is CC(=O)OCC(C)(C)CN1C(=O)C(CC(=O)O)OC(c2cccc(CNC(=O)OC(C)(C)C)c2)c2cc(Cl)ccc21. The number of alkyl carbamates (subject to hydrolysis) is 1. The maximum atomic E-state index is 13.8. The van der Waals surface area contributed by atoms with Crippen LogP contribution in [-0.2, 0) is 35.1 Å². The minimum atomic E-state index is -1.31. The van der Waals surface area contributed by atoms with E-state index in [2.05, 4.69) is 5.32 Å². The molecule has 2 unspecified atom stereocenters. The van der Waals surface area contributed by atoms with E-state index in [9.17, 15) is 24.3 Å². The number of nitrogens with one attached hydrogen (secondary N) is 1. The molecule has 11 heteroatoms. The lowest BCUT2D eigenvalue weighted by atomic mass is 9.92. The Bertz CT molecular complexity index is 1300. The van der Waals surface area contributed by atoms with Crippen molar-refractivity contribution in [3.05, 3.63) is 64.2 Å². The van der Waals surface area contributed by atoms with Crippen molar-refractivity contribution in [2.45, 2.75) is 72.3 Å². The summed E-state index contributed by atoms with van der Waals surface area (Å²) in [4.78, 5) is 50.7. The van der Waals surface area contributed by atoms with Crippen LogP contribution in [0.1, 0.15) is 70.8 Å². The van der Waals surface area contributed by atoms with Crippen molar-refractivity contribution in [2.24, 2.45) is 5.41 Å². The second kappa shape index (κ2) is 12.9. The summed E-state index contributed by atoms with van der Waals surface area (Å²) in [6.45, 7) is 10.7. The smallest absolute Gasteiger partial charge is 0.407 e. The predicted octanol–water partition coefficient (Wildman–Crippen LogP) is 5.25. The van der Waals surface area contributed by atoms with E-state index in [1.807, 2.05) is 26.0 Å². The summed E-state index contributed by atoms with van der Waals surface area (Å²) >= 11 is 6.40. The van der Waals surface area contributed by atoms with E-state index in [0.29, 0.717) is 21.8 Å². The normalized spacial score (nSPS) is 17.3. The fourth-order valence-corrected chi connectivity index (χ4v) is 4.59. The van der Waals surface area contributed by atoms with Gasteiger partial charge in [0, 0.05) is 41.7 Å². The van der Waals surface area contributed by atoms with Crippen LogP contribution in [0.25, 0.3) is 0 Å². The van der Waals surface area contributed by atoms with Gasteiger partial charge in [0.05, 0.1) is 13.0 Å². The molecule has 1 aliphatic rings. The molecule has 1 aliphatic heterocycles. The molecule has 41 heavy (non-hydrogen) atoms. The largest absolute Gasteiger partial charge is 0.481 e. The van der Waals surface area contributed by atoms with Crippen molar-refractivity contribution < 1.29 is 38.5 Å². The highest BCUT2D eigenvalue weighted by atomic mass is 35.5. The topological polar surface area (TPSA) is 131 Å². The van der Waals surface area contributed by atoms with Crippen LogP contribution >= 0.6 is 11.6 Å². The molecule has 2 aromatic carbocycles. The van der Waals surface area contributed by atoms with Crippen molar-refractivity contribution in [3.8, 4) is 0 Å². The van der Waals surface area contributed by atoms with E-state index < -0.39 is 53.6 Å². The number of nitrogens with zero attached hydrogens (tertiary/aromatic N) is 1. The molecule has 0 saturated carbocycles. The Morgan fingerprint density at radius 1 is 1.10 bits per heavy atom. The van der Waals surface area contributed by atoms with Crippen molar-refractivity contribution >= 4 is 41.2 Å². The van der Waals surface area contributed by atoms with Crippen molar-refractivity contribution in [1.82, 2.24) is 5.32 Å². The number of esters is 1. The third kappa shape index (κ3) is 9.19. The Balaban J connectivity index is 2.03. The molecular formula is C30H37ClN2O8. The van der Waals surface area contributed by atoms with Gasteiger partial charge in [-0.2, -0.15) is 0 Å². The predicted molar refractivity (Wildman–Crippen MR) is 153 cm³/mol. The number of benzene rings is 2. The summed E-state index contributed by atoms with van der Waals surface area (Å²) < 4.78 is 16.8. The van der Waals surface area contributed by atoms with Gasteiger partial charge in [0.2, 0.25) is 0 Å². The first-order chi connectivity index (χ1) is 19.0. The number of rotatable bonds is 9. The number of hydrogen-bond donors (Lipinski definition) is 2. The minimum Gasteiger partial charge on any atom is -0.481 e. The fourth-order valence-electron chi connectivity index (χ4n) is 4.41. The van der Waals surface area contributed by atoms with Gasteiger partial charge in [-0.15, -0.1) is 0 Å². The van der Waals surface area contributed by atoms with Crippen LogP contribution in [0.4, 0.5) is 10.5 Å². The number of carboxylic acids is 1. The fraction of sp³-hybridized carbons (Fsp3) is 0.467. The van der Waals surface area contributed by atoms with Crippen LogP contribution in [-0.4, -0.2) is 53.9 Å². The first-order valence-corrected chi connectivity index (χ1v) is 13.6. The van der Waals surface area contributed by atoms with Crippen LogP contribution in [0.3, 0.4) is 0 Å². The average molecular weight is 589 g/mol. The summed E-state index contributed by atoms with van der Waals surface area (Å²) in [7, 11) is 0. The maximum Gasteiger partial charge on any atom is 0.407 e. The van der Waals surface area contributed by atoms with E-state index >= 15 is 0 Å². The standard InChI is InChI=1S/C30H37ClN2O8/c1-18(34)39-17-30(5,6)16-33-23-11-10-21(31)13-22(23)26(40-24(27(33)37)14-25(35)36)20-9-7-8-19(12-20)15-32-28(38)41-29(2,3)4/h7-13,24,26H,14-17H2,1-6H3,(H,32,38)(H,35,36). The molecule has 2 amide bonds. The minimum absolute atomic E-state index is 0.0512. The number of carbonyl (C=O) groups is 4. The van der Waals surface area contributed by atoms with E-state index in [1.165, 1.54) is 11.8 Å². The molecule has 10 nitrogen and oxygen atoms in total. The second-order valence-electron chi connectivity index (χ2n) is 11.8. The number of anilines is 1. The number of fused-ring (bicyclic) bond motifs is 1. The van der Waals surface area contributed by atoms with Crippen molar-refractivity contribution in [3.63, 3.8) is 0 Å². The number of carbonyl (C=O) groups excluding carboxylic acids is 3. The highest BCUT2D eigenvalue weighted by Crippen LogP contribution is 2.41. The summed E-state index contributed by atoms with van der Waals surface area (Å²) in [5.74, 6) is -2.17. The number of amides is 2. The highest BCUT2D eigenvalue weighted by molar-refractivity contribution is 6.30. The Kier molecular flexibility index (Phi) is 10.0. The molecule has 0 spiro atoms. The summed E-state index contributed by atoms with van der Waals surface area (Å²) in [5, 5.41) is 12.8. The zero-order valence-corrected chi connectivity index (χ0v) is 24.9. The summed E-state index contributed by atoms with van der Waals surface area (Å²) in [6, 6.07) is 12.3. The van der Waals surface area contributed by atoms with Crippen molar-refractivity contribution in [2.75, 3.05) is 18.1 Å². The Morgan fingerprint density at radius 3 is 2.44 bits per heavy atom. The molecule has 222 valence electrons. The molecular weight excluding hydrogens is 552 g/mol. The Morgan fingerprint density at radius 2 is 1.80 bits per heavy atom. The third-order valence-electron chi connectivity index (χ3n) is 6.11. The number of ether oxygens (including phenoxy) is 3. The molecule has 2 N–H and O–H groups in total. The number of hydrogen-bond acceptors (Lipinski definition) is 7. The van der Waals surface area contributed by atoms with Crippen LogP contribution in [0.2, 0.25) is 5.02 Å². The second-order valence-corrected chi connectivity index (χ2v) is 12.2. The molecule has 2 aromatic rings. The molecule has 3 rings (SSSR count). The van der Waals surface area contributed by atoms with Gasteiger partial charge in [-0.1, -0.05) is 49.7 Å². The molecule has 0 aromatic heterocycles. The van der Waals surface area contributed by atoms with Gasteiger partial charge in [0.25, 0.3) is 5.91 Å². The Labute approximate surface area is 244 Å². The monoisotopic (exact) mass is 588 g/mol. The van der Waals surface area contributed by atoms with Gasteiger partial charge in [0.15, 0.2) is 0 Å². The van der Waals surface area contributed by atoms with Crippen LogP contribution in [0.15, 0.2) is 42.5 Å². The van der Waals surface area contributed by atoms with Gasteiger partial charge in [-0.3, -0.25) is 14.4 Å². The lowest BCUT2D eigenvalue weighted by molar-refractivity contribution is -0.147. The van der Waals surface area contributed by atoms with E-state index in [4.69, 9.17) is 25.8 Å².